The quantitative estimate of drug-likeness (QED) is 0.213. The van der Waals surface area contributed by atoms with Gasteiger partial charge in [-0.1, -0.05) is 103 Å². The molecule has 3 atom stereocenters. The van der Waals surface area contributed by atoms with Crippen LogP contribution in [-0.4, -0.2) is 24.9 Å². The molecule has 3 heteroatoms. The number of hydrogen-bond donors (Lipinski definition) is 2. The van der Waals surface area contributed by atoms with Crippen LogP contribution < -0.4 is 5.32 Å². The van der Waals surface area contributed by atoms with Crippen molar-refractivity contribution in [3.8, 4) is 11.1 Å². The van der Waals surface area contributed by atoms with Gasteiger partial charge in [-0.25, -0.2) is 0 Å². The van der Waals surface area contributed by atoms with E-state index in [1.54, 1.807) is 0 Å². The fraction of sp³-hybridized carbons (Fsp3) is 0.526. The van der Waals surface area contributed by atoms with Crippen molar-refractivity contribution in [1.82, 2.24) is 0 Å². The van der Waals surface area contributed by atoms with Crippen LogP contribution in [0.2, 0.25) is 0 Å². The van der Waals surface area contributed by atoms with E-state index in [0.717, 1.165) is 42.7 Å². The van der Waals surface area contributed by atoms with Crippen LogP contribution >= 0.6 is 0 Å². The molecule has 3 nitrogen and oxygen atoms in total. The molecule has 0 bridgehead atoms. The molecular weight excluding hydrogens is 502 g/mol. The number of aliphatic hydroxyl groups is 1. The number of benzene rings is 2. The molecule has 2 aromatic rings. The van der Waals surface area contributed by atoms with Crippen molar-refractivity contribution in [2.24, 2.45) is 21.7 Å². The molecule has 2 N–H and O–H groups in total. The highest BCUT2D eigenvalue weighted by atomic mass is 16.5. The molecule has 41 heavy (non-hydrogen) atoms. The van der Waals surface area contributed by atoms with Crippen molar-refractivity contribution in [2.45, 2.75) is 94.1 Å². The number of aliphatic hydroxyl groups excluding tert-OH is 1. The number of anilines is 1. The van der Waals surface area contributed by atoms with Crippen molar-refractivity contribution >= 4 is 5.69 Å². The molecule has 0 spiro atoms. The van der Waals surface area contributed by atoms with Gasteiger partial charge in [0.05, 0.1) is 18.5 Å². The third-order valence-corrected chi connectivity index (χ3v) is 9.22. The summed E-state index contributed by atoms with van der Waals surface area (Å²) in [4.78, 5) is 0. The van der Waals surface area contributed by atoms with E-state index in [1.807, 2.05) is 13.1 Å². The lowest BCUT2D eigenvalue weighted by Crippen LogP contribution is -2.54. The molecule has 1 saturated carbocycles. The third-order valence-electron chi connectivity index (χ3n) is 9.22. The second kappa shape index (κ2) is 12.6. The van der Waals surface area contributed by atoms with E-state index in [4.69, 9.17) is 4.74 Å². The molecule has 3 rings (SSSR count). The van der Waals surface area contributed by atoms with Crippen LogP contribution in [0, 0.1) is 28.6 Å². The summed E-state index contributed by atoms with van der Waals surface area (Å²) in [6, 6.07) is 15.6. The molecule has 2 aromatic carbocycles. The maximum atomic E-state index is 11.0. The van der Waals surface area contributed by atoms with Gasteiger partial charge in [-0.05, 0) is 90.8 Å². The van der Waals surface area contributed by atoms with E-state index >= 15 is 0 Å². The zero-order chi connectivity index (χ0) is 30.6. The highest BCUT2D eigenvalue weighted by Crippen LogP contribution is 2.62. The molecule has 0 aromatic heterocycles. The van der Waals surface area contributed by atoms with Crippen molar-refractivity contribution in [1.29, 1.82) is 0 Å². The molecule has 0 aliphatic heterocycles. The van der Waals surface area contributed by atoms with Gasteiger partial charge < -0.3 is 15.2 Å². The second-order valence-electron chi connectivity index (χ2n) is 14.5. The molecule has 224 valence electrons. The molecule has 1 aliphatic rings. The average molecular weight is 558 g/mol. The van der Waals surface area contributed by atoms with E-state index in [9.17, 15) is 5.11 Å². The Hall–Kier alpha value is -2.78. The summed E-state index contributed by atoms with van der Waals surface area (Å²) in [5, 5.41) is 14.3. The summed E-state index contributed by atoms with van der Waals surface area (Å²) in [5.41, 5.74) is 6.81. The lowest BCUT2D eigenvalue weighted by molar-refractivity contribution is -0.0979. The monoisotopic (exact) mass is 557 g/mol. The summed E-state index contributed by atoms with van der Waals surface area (Å²) in [7, 11) is 1.97. The first-order valence-electron chi connectivity index (χ1n) is 15.3. The number of hydrogen-bond acceptors (Lipinski definition) is 3. The summed E-state index contributed by atoms with van der Waals surface area (Å²) >= 11 is 0. The number of aryl methyl sites for hydroxylation is 1. The van der Waals surface area contributed by atoms with E-state index in [1.165, 1.54) is 22.3 Å². The zero-order valence-corrected chi connectivity index (χ0v) is 27.4. The number of nitrogens with one attached hydrogen (secondary N) is 1. The Bertz CT molecular complexity index is 1270. The average Bonchev–Trinajstić information content (AvgIpc) is 2.88. The van der Waals surface area contributed by atoms with E-state index in [-0.39, 0.29) is 21.7 Å². The van der Waals surface area contributed by atoms with Crippen LogP contribution in [0.25, 0.3) is 11.1 Å². The van der Waals surface area contributed by atoms with Gasteiger partial charge in [-0.15, -0.1) is 0 Å². The Labute approximate surface area is 250 Å². The number of allylic oxidation sites excluding steroid dienone is 4. The van der Waals surface area contributed by atoms with Crippen LogP contribution in [-0.2, 0) is 11.2 Å². The minimum absolute atomic E-state index is 0.0105. The first kappa shape index (κ1) is 32.7. The van der Waals surface area contributed by atoms with Gasteiger partial charge >= 0.3 is 0 Å². The fourth-order valence-corrected chi connectivity index (χ4v) is 6.12. The Morgan fingerprint density at radius 3 is 2.29 bits per heavy atom. The van der Waals surface area contributed by atoms with Gasteiger partial charge in [-0.3, -0.25) is 0 Å². The summed E-state index contributed by atoms with van der Waals surface area (Å²) in [6.07, 6.45) is 10.2. The standard InChI is InChI=1S/C38H55NO2/c1-12-37(20-19-27(2)3)21-22-38(37,26-41-34(36(8,9)10)24-33(40)35(5,6)7)25-30-15-13-14-16-31(30)29-17-18-32(39-11)28(4)23-29/h13-20,23-24,33,39-40H,2,12,21-22,25-26H2,1,3-11H3/b20-19-,34-24-/t33?,37-,38-/m1/s1. The van der Waals surface area contributed by atoms with Gasteiger partial charge in [0.2, 0.25) is 0 Å². The minimum atomic E-state index is -0.585. The first-order chi connectivity index (χ1) is 19.1. The second-order valence-corrected chi connectivity index (χ2v) is 14.5. The van der Waals surface area contributed by atoms with Crippen molar-refractivity contribution in [3.05, 3.63) is 89.7 Å². The molecule has 1 aliphatic carbocycles. The van der Waals surface area contributed by atoms with Crippen LogP contribution in [0.4, 0.5) is 5.69 Å². The lowest BCUT2D eigenvalue weighted by Gasteiger charge is -2.59. The first-order valence-corrected chi connectivity index (χ1v) is 15.3. The van der Waals surface area contributed by atoms with Crippen LogP contribution in [0.5, 0.6) is 0 Å². The van der Waals surface area contributed by atoms with Gasteiger partial charge in [0, 0.05) is 23.6 Å². The summed E-state index contributed by atoms with van der Waals surface area (Å²) in [6.45, 7) is 24.0. The molecule has 0 saturated heterocycles. The molecule has 1 unspecified atom stereocenters. The predicted molar refractivity (Wildman–Crippen MR) is 177 cm³/mol. The number of ether oxygens (including phenoxy) is 1. The third kappa shape index (κ3) is 7.36. The van der Waals surface area contributed by atoms with Crippen molar-refractivity contribution in [2.75, 3.05) is 19.0 Å². The molecular formula is C38H55NO2. The van der Waals surface area contributed by atoms with Gasteiger partial charge in [-0.2, -0.15) is 0 Å². The minimum Gasteiger partial charge on any atom is -0.497 e. The summed E-state index contributed by atoms with van der Waals surface area (Å²) < 4.78 is 6.85. The molecule has 0 amide bonds. The van der Waals surface area contributed by atoms with Gasteiger partial charge in [0.25, 0.3) is 0 Å². The smallest absolute Gasteiger partial charge is 0.0999 e. The Morgan fingerprint density at radius 1 is 1.10 bits per heavy atom. The SMILES string of the molecule is C=C(C)/C=C\[C@]1(CC)CC[C@]1(CO/C(=C\C(O)C(C)(C)C)C(C)(C)C)Cc1ccccc1-c1ccc(NC)c(C)c1. The maximum absolute atomic E-state index is 11.0. The van der Waals surface area contributed by atoms with E-state index in [0.29, 0.717) is 6.61 Å². The fourth-order valence-electron chi connectivity index (χ4n) is 6.12. The van der Waals surface area contributed by atoms with Crippen LogP contribution in [0.1, 0.15) is 85.8 Å². The summed E-state index contributed by atoms with van der Waals surface area (Å²) in [5.74, 6) is 0.867. The Kier molecular flexibility index (Phi) is 10.1. The largest absolute Gasteiger partial charge is 0.497 e. The Morgan fingerprint density at radius 2 is 1.78 bits per heavy atom. The van der Waals surface area contributed by atoms with E-state index < -0.39 is 6.10 Å². The highest BCUT2D eigenvalue weighted by molar-refractivity contribution is 5.71. The molecule has 1 fully saturated rings. The van der Waals surface area contributed by atoms with Crippen molar-refractivity contribution < 1.29 is 9.84 Å². The number of rotatable bonds is 11. The van der Waals surface area contributed by atoms with Crippen molar-refractivity contribution in [3.63, 3.8) is 0 Å². The molecule has 0 heterocycles. The normalized spacial score (nSPS) is 22.4. The van der Waals surface area contributed by atoms with E-state index in [2.05, 4.69) is 129 Å². The Balaban J connectivity index is 2.09. The van der Waals surface area contributed by atoms with Gasteiger partial charge in [0.1, 0.15) is 0 Å². The molecule has 0 radical (unpaired) electrons. The lowest BCUT2D eigenvalue weighted by atomic mass is 9.46. The predicted octanol–water partition coefficient (Wildman–Crippen LogP) is 9.91. The topological polar surface area (TPSA) is 41.5 Å². The van der Waals surface area contributed by atoms with Crippen LogP contribution in [0.3, 0.4) is 0 Å². The van der Waals surface area contributed by atoms with Gasteiger partial charge in [0.15, 0.2) is 0 Å². The maximum Gasteiger partial charge on any atom is 0.0999 e. The highest BCUT2D eigenvalue weighted by Gasteiger charge is 2.57. The van der Waals surface area contributed by atoms with Crippen LogP contribution in [0.15, 0.2) is 78.6 Å². The zero-order valence-electron chi connectivity index (χ0n) is 27.4.